The summed E-state index contributed by atoms with van der Waals surface area (Å²) in [7, 11) is 0. The normalized spacial score (nSPS) is 18.6. The van der Waals surface area contributed by atoms with Crippen molar-refractivity contribution < 1.29 is 9.59 Å². The largest absolute Gasteiger partial charge is 0.355 e. The molecule has 1 fully saturated rings. The SMILES string of the molecule is CCNC(=O)CN1CCCN(C(=O)c2n[nH]c3c2CCC3)CC1. The van der Waals surface area contributed by atoms with Crippen LogP contribution in [0.4, 0.5) is 0 Å². The lowest BCUT2D eigenvalue weighted by molar-refractivity contribution is -0.122. The van der Waals surface area contributed by atoms with Crippen LogP contribution in [-0.2, 0) is 17.6 Å². The molecule has 0 spiro atoms. The number of carbonyl (C=O) groups excluding carboxylic acids is 2. The smallest absolute Gasteiger partial charge is 0.274 e. The highest BCUT2D eigenvalue weighted by Gasteiger charge is 2.28. The van der Waals surface area contributed by atoms with Crippen molar-refractivity contribution in [3.63, 3.8) is 0 Å². The fourth-order valence-electron chi connectivity index (χ4n) is 3.43. The molecule has 0 radical (unpaired) electrons. The van der Waals surface area contributed by atoms with Crippen LogP contribution >= 0.6 is 0 Å². The maximum Gasteiger partial charge on any atom is 0.274 e. The van der Waals surface area contributed by atoms with Gasteiger partial charge >= 0.3 is 0 Å². The van der Waals surface area contributed by atoms with Crippen molar-refractivity contribution in [2.45, 2.75) is 32.6 Å². The summed E-state index contributed by atoms with van der Waals surface area (Å²) in [5.41, 5.74) is 2.84. The predicted molar refractivity (Wildman–Crippen MR) is 86.3 cm³/mol. The van der Waals surface area contributed by atoms with E-state index in [1.165, 1.54) is 0 Å². The van der Waals surface area contributed by atoms with Gasteiger partial charge in [0, 0.05) is 44.0 Å². The minimum atomic E-state index is 0.0317. The Kier molecular flexibility index (Phi) is 4.95. The van der Waals surface area contributed by atoms with Gasteiger partial charge < -0.3 is 10.2 Å². The monoisotopic (exact) mass is 319 g/mol. The average Bonchev–Trinajstić information content (AvgIpc) is 3.06. The summed E-state index contributed by atoms with van der Waals surface area (Å²) in [6.07, 6.45) is 3.93. The third-order valence-corrected chi connectivity index (χ3v) is 4.63. The van der Waals surface area contributed by atoms with Crippen molar-refractivity contribution in [2.75, 3.05) is 39.3 Å². The van der Waals surface area contributed by atoms with Crippen LogP contribution < -0.4 is 5.32 Å². The molecule has 7 heteroatoms. The summed E-state index contributed by atoms with van der Waals surface area (Å²) in [6, 6.07) is 0. The Morgan fingerprint density at radius 2 is 2.04 bits per heavy atom. The summed E-state index contributed by atoms with van der Waals surface area (Å²) in [5.74, 6) is 0.0849. The highest BCUT2D eigenvalue weighted by Crippen LogP contribution is 2.24. The standard InChI is InChI=1S/C16H25N5O2/c1-2-17-14(22)11-20-7-4-8-21(10-9-20)16(23)15-12-5-3-6-13(12)18-19-15/h2-11H2,1H3,(H,17,22)(H,18,19). The minimum absolute atomic E-state index is 0.0317. The molecule has 7 nitrogen and oxygen atoms in total. The van der Waals surface area contributed by atoms with Gasteiger partial charge in [-0.25, -0.2) is 0 Å². The Labute approximate surface area is 136 Å². The third kappa shape index (κ3) is 3.55. The Balaban J connectivity index is 1.59. The zero-order chi connectivity index (χ0) is 16.2. The Bertz CT molecular complexity index is 583. The zero-order valence-corrected chi connectivity index (χ0v) is 13.7. The van der Waals surface area contributed by atoms with E-state index in [2.05, 4.69) is 20.4 Å². The van der Waals surface area contributed by atoms with E-state index in [1.807, 2.05) is 11.8 Å². The van der Waals surface area contributed by atoms with Gasteiger partial charge in [0.05, 0.1) is 6.54 Å². The van der Waals surface area contributed by atoms with Crippen molar-refractivity contribution in [2.24, 2.45) is 0 Å². The first-order valence-corrected chi connectivity index (χ1v) is 8.53. The highest BCUT2D eigenvalue weighted by atomic mass is 16.2. The second-order valence-electron chi connectivity index (χ2n) is 6.26. The number of aromatic nitrogens is 2. The van der Waals surface area contributed by atoms with Crippen LogP contribution in [0.1, 0.15) is 41.5 Å². The number of H-pyrrole nitrogens is 1. The van der Waals surface area contributed by atoms with Crippen molar-refractivity contribution in [1.82, 2.24) is 25.3 Å². The van der Waals surface area contributed by atoms with E-state index in [4.69, 9.17) is 0 Å². The van der Waals surface area contributed by atoms with Gasteiger partial charge in [-0.2, -0.15) is 5.10 Å². The second-order valence-corrected chi connectivity index (χ2v) is 6.26. The van der Waals surface area contributed by atoms with Crippen LogP contribution in [0.3, 0.4) is 0 Å². The molecule has 2 aliphatic rings. The van der Waals surface area contributed by atoms with Crippen LogP contribution in [0, 0.1) is 0 Å². The number of hydrogen-bond acceptors (Lipinski definition) is 4. The Morgan fingerprint density at radius 1 is 1.17 bits per heavy atom. The summed E-state index contributed by atoms with van der Waals surface area (Å²) in [6.45, 7) is 5.94. The number of aromatic amines is 1. The number of likely N-dealkylation sites (N-methyl/N-ethyl adjacent to an activating group) is 1. The number of carbonyl (C=O) groups is 2. The van der Waals surface area contributed by atoms with Crippen molar-refractivity contribution in [3.8, 4) is 0 Å². The first-order valence-electron chi connectivity index (χ1n) is 8.53. The van der Waals surface area contributed by atoms with E-state index in [0.717, 1.165) is 56.6 Å². The number of nitrogens with zero attached hydrogens (tertiary/aromatic N) is 3. The third-order valence-electron chi connectivity index (χ3n) is 4.63. The van der Waals surface area contributed by atoms with E-state index < -0.39 is 0 Å². The minimum Gasteiger partial charge on any atom is -0.355 e. The van der Waals surface area contributed by atoms with Gasteiger partial charge in [-0.05, 0) is 32.6 Å². The topological polar surface area (TPSA) is 81.3 Å². The lowest BCUT2D eigenvalue weighted by Crippen LogP contribution is -2.40. The molecule has 2 N–H and O–H groups in total. The van der Waals surface area contributed by atoms with Crippen LogP contribution in [0.5, 0.6) is 0 Å². The molecule has 1 saturated heterocycles. The highest BCUT2D eigenvalue weighted by molar-refractivity contribution is 5.94. The first kappa shape index (κ1) is 16.0. The molecule has 0 unspecified atom stereocenters. The molecule has 2 amide bonds. The number of nitrogens with one attached hydrogen (secondary N) is 2. The number of fused-ring (bicyclic) bond motifs is 1. The lowest BCUT2D eigenvalue weighted by Gasteiger charge is -2.21. The van der Waals surface area contributed by atoms with Gasteiger partial charge in [-0.1, -0.05) is 0 Å². The second kappa shape index (κ2) is 7.12. The molecule has 2 heterocycles. The quantitative estimate of drug-likeness (QED) is 0.830. The Morgan fingerprint density at radius 3 is 2.87 bits per heavy atom. The van der Waals surface area contributed by atoms with Crippen LogP contribution in [0.2, 0.25) is 0 Å². The van der Waals surface area contributed by atoms with Crippen molar-refractivity contribution >= 4 is 11.8 Å². The average molecular weight is 319 g/mol. The first-order chi connectivity index (χ1) is 11.2. The maximum atomic E-state index is 12.8. The summed E-state index contributed by atoms with van der Waals surface area (Å²) >= 11 is 0. The van der Waals surface area contributed by atoms with Gasteiger partial charge in [0.25, 0.3) is 5.91 Å². The number of hydrogen-bond donors (Lipinski definition) is 2. The van der Waals surface area contributed by atoms with Gasteiger partial charge in [0.2, 0.25) is 5.91 Å². The molecule has 1 aliphatic heterocycles. The van der Waals surface area contributed by atoms with E-state index >= 15 is 0 Å². The van der Waals surface area contributed by atoms with E-state index in [-0.39, 0.29) is 11.8 Å². The molecule has 126 valence electrons. The van der Waals surface area contributed by atoms with Gasteiger partial charge in [0.1, 0.15) is 0 Å². The zero-order valence-electron chi connectivity index (χ0n) is 13.7. The number of amides is 2. The summed E-state index contributed by atoms with van der Waals surface area (Å²) in [4.78, 5) is 28.5. The molecule has 0 aromatic carbocycles. The van der Waals surface area contributed by atoms with Crippen molar-refractivity contribution in [1.29, 1.82) is 0 Å². The fourth-order valence-corrected chi connectivity index (χ4v) is 3.43. The molecule has 0 saturated carbocycles. The van der Waals surface area contributed by atoms with E-state index in [9.17, 15) is 9.59 Å². The number of aryl methyl sites for hydroxylation is 1. The molecular weight excluding hydrogens is 294 g/mol. The molecular formula is C16H25N5O2. The maximum absolute atomic E-state index is 12.8. The fraction of sp³-hybridized carbons (Fsp3) is 0.688. The molecule has 23 heavy (non-hydrogen) atoms. The molecule has 1 aromatic heterocycles. The van der Waals surface area contributed by atoms with Gasteiger partial charge in [-0.3, -0.25) is 19.6 Å². The van der Waals surface area contributed by atoms with Gasteiger partial charge in [0.15, 0.2) is 5.69 Å². The van der Waals surface area contributed by atoms with Crippen LogP contribution in [0.25, 0.3) is 0 Å². The molecule has 0 atom stereocenters. The predicted octanol–water partition coefficient (Wildman–Crippen LogP) is 0.182. The molecule has 1 aromatic rings. The van der Waals surface area contributed by atoms with Crippen LogP contribution in [-0.4, -0.2) is 71.1 Å². The Hall–Kier alpha value is -1.89. The summed E-state index contributed by atoms with van der Waals surface area (Å²) in [5, 5.41) is 10.1. The van der Waals surface area contributed by atoms with Crippen LogP contribution in [0.15, 0.2) is 0 Å². The van der Waals surface area contributed by atoms with Gasteiger partial charge in [-0.15, -0.1) is 0 Å². The molecule has 3 rings (SSSR count). The summed E-state index contributed by atoms with van der Waals surface area (Å²) < 4.78 is 0. The van der Waals surface area contributed by atoms with E-state index in [1.54, 1.807) is 0 Å². The molecule has 0 bridgehead atoms. The van der Waals surface area contributed by atoms with E-state index in [0.29, 0.717) is 25.3 Å². The lowest BCUT2D eigenvalue weighted by atomic mass is 10.2. The van der Waals surface area contributed by atoms with Crippen molar-refractivity contribution in [3.05, 3.63) is 17.0 Å². The number of rotatable bonds is 4. The molecule has 1 aliphatic carbocycles.